The smallest absolute Gasteiger partial charge is 0.159 e. The van der Waals surface area contributed by atoms with Crippen LogP contribution in [-0.4, -0.2) is 7.11 Å². The van der Waals surface area contributed by atoms with Gasteiger partial charge in [-0.15, -0.1) is 0 Å². The Kier molecular flexibility index (Phi) is 5.25. The average molecular weight is 292 g/mol. The normalized spacial score (nSPS) is 12.2. The van der Waals surface area contributed by atoms with E-state index in [4.69, 9.17) is 10.6 Å². The van der Waals surface area contributed by atoms with Gasteiger partial charge >= 0.3 is 0 Å². The minimum Gasteiger partial charge on any atom is -0.497 e. The summed E-state index contributed by atoms with van der Waals surface area (Å²) >= 11 is 0. The van der Waals surface area contributed by atoms with Crippen LogP contribution < -0.4 is 16.0 Å². The molecule has 1 unspecified atom stereocenters. The molecule has 0 radical (unpaired) electrons. The van der Waals surface area contributed by atoms with E-state index in [1.807, 2.05) is 24.3 Å². The summed E-state index contributed by atoms with van der Waals surface area (Å²) in [5, 5.41) is 0. The van der Waals surface area contributed by atoms with Gasteiger partial charge < -0.3 is 4.74 Å². The molecule has 2 aromatic rings. The van der Waals surface area contributed by atoms with Crippen molar-refractivity contribution < 1.29 is 13.5 Å². The lowest BCUT2D eigenvalue weighted by Crippen LogP contribution is -2.28. The van der Waals surface area contributed by atoms with E-state index in [0.717, 1.165) is 23.8 Å². The number of benzene rings is 2. The van der Waals surface area contributed by atoms with Gasteiger partial charge in [-0.3, -0.25) is 11.3 Å². The van der Waals surface area contributed by atoms with Gasteiger partial charge in [0.2, 0.25) is 0 Å². The Morgan fingerprint density at radius 2 is 1.81 bits per heavy atom. The minimum absolute atomic E-state index is 0.234. The number of nitrogens with two attached hydrogens (primary N) is 1. The third-order valence-corrected chi connectivity index (χ3v) is 3.43. The molecule has 0 aliphatic heterocycles. The summed E-state index contributed by atoms with van der Waals surface area (Å²) in [4.78, 5) is 0. The molecule has 21 heavy (non-hydrogen) atoms. The molecule has 5 heteroatoms. The topological polar surface area (TPSA) is 47.3 Å². The van der Waals surface area contributed by atoms with Crippen LogP contribution in [0.4, 0.5) is 8.78 Å². The molecule has 0 saturated heterocycles. The van der Waals surface area contributed by atoms with E-state index in [1.54, 1.807) is 7.11 Å². The molecule has 1 atom stereocenters. The van der Waals surface area contributed by atoms with Crippen LogP contribution in [0.3, 0.4) is 0 Å². The van der Waals surface area contributed by atoms with Crippen molar-refractivity contribution in [3.05, 3.63) is 65.2 Å². The van der Waals surface area contributed by atoms with E-state index in [9.17, 15) is 8.78 Å². The van der Waals surface area contributed by atoms with Crippen LogP contribution in [0.15, 0.2) is 42.5 Å². The first-order valence-electron chi connectivity index (χ1n) is 6.68. The largest absolute Gasteiger partial charge is 0.497 e. The number of hydrogen-bond acceptors (Lipinski definition) is 3. The van der Waals surface area contributed by atoms with Crippen LogP contribution in [0.1, 0.15) is 23.6 Å². The maximum Gasteiger partial charge on any atom is 0.159 e. The summed E-state index contributed by atoms with van der Waals surface area (Å²) in [6.07, 6.45) is 1.44. The second-order valence-electron chi connectivity index (χ2n) is 4.78. The number of ether oxygens (including phenoxy) is 1. The first-order valence-corrected chi connectivity index (χ1v) is 6.68. The van der Waals surface area contributed by atoms with Crippen molar-refractivity contribution in [2.24, 2.45) is 5.84 Å². The molecule has 0 spiro atoms. The molecule has 0 heterocycles. The second-order valence-corrected chi connectivity index (χ2v) is 4.78. The zero-order valence-corrected chi connectivity index (χ0v) is 11.8. The Morgan fingerprint density at radius 1 is 1.10 bits per heavy atom. The van der Waals surface area contributed by atoms with Gasteiger partial charge in [-0.25, -0.2) is 8.78 Å². The van der Waals surface area contributed by atoms with Gasteiger partial charge in [0.15, 0.2) is 11.6 Å². The fourth-order valence-electron chi connectivity index (χ4n) is 2.18. The molecular formula is C16H18F2N2O. The highest BCUT2D eigenvalue weighted by molar-refractivity contribution is 5.28. The standard InChI is InChI=1S/C16H18F2N2O/c1-21-13-6-2-11(3-7-13)4-9-16(20-19)12-5-8-14(17)15(18)10-12/h2-3,5-8,10,16,20H,4,9,19H2,1H3. The van der Waals surface area contributed by atoms with Gasteiger partial charge in [0, 0.05) is 6.04 Å². The summed E-state index contributed by atoms with van der Waals surface area (Å²) in [5.74, 6) is 4.59. The van der Waals surface area contributed by atoms with Gasteiger partial charge in [0.25, 0.3) is 0 Å². The SMILES string of the molecule is COc1ccc(CCC(NN)c2ccc(F)c(F)c2)cc1. The molecule has 0 fully saturated rings. The minimum atomic E-state index is -0.864. The van der Waals surface area contributed by atoms with Gasteiger partial charge in [-0.05, 0) is 48.2 Å². The molecule has 3 nitrogen and oxygen atoms in total. The molecular weight excluding hydrogens is 274 g/mol. The highest BCUT2D eigenvalue weighted by atomic mass is 19.2. The quantitative estimate of drug-likeness (QED) is 0.635. The Balaban J connectivity index is 2.02. The number of halogens is 2. The van der Waals surface area contributed by atoms with Gasteiger partial charge in [0.05, 0.1) is 7.11 Å². The molecule has 0 aromatic heterocycles. The average Bonchev–Trinajstić information content (AvgIpc) is 2.52. The number of nitrogens with one attached hydrogen (secondary N) is 1. The maximum atomic E-state index is 13.3. The zero-order valence-electron chi connectivity index (χ0n) is 11.8. The van der Waals surface area contributed by atoms with Crippen molar-refractivity contribution in [3.63, 3.8) is 0 Å². The van der Waals surface area contributed by atoms with E-state index < -0.39 is 11.6 Å². The fraction of sp³-hybridized carbons (Fsp3) is 0.250. The molecule has 112 valence electrons. The van der Waals surface area contributed by atoms with Gasteiger partial charge in [-0.1, -0.05) is 18.2 Å². The monoisotopic (exact) mass is 292 g/mol. The second kappa shape index (κ2) is 7.15. The molecule has 3 N–H and O–H groups in total. The van der Waals surface area contributed by atoms with Crippen LogP contribution in [0.2, 0.25) is 0 Å². The highest BCUT2D eigenvalue weighted by Gasteiger charge is 2.12. The van der Waals surface area contributed by atoms with Crippen molar-refractivity contribution in [1.29, 1.82) is 0 Å². The van der Waals surface area contributed by atoms with Crippen molar-refractivity contribution in [3.8, 4) is 5.75 Å². The number of hydrazine groups is 1. The van der Waals surface area contributed by atoms with E-state index >= 15 is 0 Å². The Bertz CT molecular complexity index is 587. The maximum absolute atomic E-state index is 13.3. The zero-order chi connectivity index (χ0) is 15.2. The Morgan fingerprint density at radius 3 is 2.38 bits per heavy atom. The third kappa shape index (κ3) is 4.00. The molecule has 2 aromatic carbocycles. The highest BCUT2D eigenvalue weighted by Crippen LogP contribution is 2.21. The summed E-state index contributed by atoms with van der Waals surface area (Å²) in [7, 11) is 1.62. The number of methoxy groups -OCH3 is 1. The van der Waals surface area contributed by atoms with E-state index in [0.29, 0.717) is 12.0 Å². The first-order chi connectivity index (χ1) is 10.1. The molecule has 2 rings (SSSR count). The van der Waals surface area contributed by atoms with Crippen LogP contribution in [0.25, 0.3) is 0 Å². The Labute approximate surface area is 122 Å². The van der Waals surface area contributed by atoms with Crippen molar-refractivity contribution in [2.75, 3.05) is 7.11 Å². The van der Waals surface area contributed by atoms with Gasteiger partial charge in [-0.2, -0.15) is 0 Å². The van der Waals surface area contributed by atoms with Crippen LogP contribution in [0, 0.1) is 11.6 Å². The molecule has 0 aliphatic carbocycles. The molecule has 0 amide bonds. The van der Waals surface area contributed by atoms with Crippen molar-refractivity contribution in [1.82, 2.24) is 5.43 Å². The van der Waals surface area contributed by atoms with E-state index in [2.05, 4.69) is 5.43 Å². The molecule has 0 bridgehead atoms. The third-order valence-electron chi connectivity index (χ3n) is 3.43. The summed E-state index contributed by atoms with van der Waals surface area (Å²) in [6.45, 7) is 0. The summed E-state index contributed by atoms with van der Waals surface area (Å²) < 4.78 is 31.3. The predicted octanol–water partition coefficient (Wildman–Crippen LogP) is 3.11. The number of rotatable bonds is 6. The fourth-order valence-corrected chi connectivity index (χ4v) is 2.18. The number of aryl methyl sites for hydroxylation is 1. The predicted molar refractivity (Wildman–Crippen MR) is 77.7 cm³/mol. The van der Waals surface area contributed by atoms with Gasteiger partial charge in [0.1, 0.15) is 5.75 Å². The van der Waals surface area contributed by atoms with Crippen molar-refractivity contribution in [2.45, 2.75) is 18.9 Å². The van der Waals surface area contributed by atoms with Crippen molar-refractivity contribution >= 4 is 0 Å². The Hall–Kier alpha value is -1.98. The summed E-state index contributed by atoms with van der Waals surface area (Å²) in [6, 6.07) is 11.3. The summed E-state index contributed by atoms with van der Waals surface area (Å²) in [5.41, 5.74) is 4.40. The molecule has 0 saturated carbocycles. The lowest BCUT2D eigenvalue weighted by atomic mass is 9.99. The van der Waals surface area contributed by atoms with E-state index in [-0.39, 0.29) is 6.04 Å². The lowest BCUT2D eigenvalue weighted by molar-refractivity contribution is 0.414. The number of hydrogen-bond donors (Lipinski definition) is 2. The first kappa shape index (κ1) is 15.4. The van der Waals surface area contributed by atoms with Crippen LogP contribution in [-0.2, 0) is 6.42 Å². The molecule has 0 aliphatic rings. The lowest BCUT2D eigenvalue weighted by Gasteiger charge is -2.16. The van der Waals surface area contributed by atoms with Crippen LogP contribution in [0.5, 0.6) is 5.75 Å². The van der Waals surface area contributed by atoms with Crippen LogP contribution >= 0.6 is 0 Å². The van der Waals surface area contributed by atoms with E-state index in [1.165, 1.54) is 12.1 Å².